The van der Waals surface area contributed by atoms with E-state index in [1.807, 2.05) is 13.8 Å². The number of H-pyrrole nitrogens is 1. The number of ether oxygens (including phenoxy) is 1. The molecule has 0 aliphatic carbocycles. The van der Waals surface area contributed by atoms with E-state index in [1.54, 1.807) is 13.3 Å². The Morgan fingerprint density at radius 2 is 2.41 bits per heavy atom. The Morgan fingerprint density at radius 1 is 1.65 bits per heavy atom. The van der Waals surface area contributed by atoms with Crippen LogP contribution in [-0.2, 0) is 16.1 Å². The molecule has 1 rings (SSSR count). The topological polar surface area (TPSA) is 79.0 Å². The fourth-order valence-electron chi connectivity index (χ4n) is 1.34. The summed E-state index contributed by atoms with van der Waals surface area (Å²) in [5.41, 5.74) is 2.09. The minimum atomic E-state index is -0.235. The molecule has 0 fully saturated rings. The SMILES string of the molecule is COCCNC(=O)C(C)NCc1cn[nH]c1C. The Morgan fingerprint density at radius 3 is 3.00 bits per heavy atom. The molecule has 1 amide bonds. The molecule has 0 aromatic carbocycles. The van der Waals surface area contributed by atoms with E-state index in [2.05, 4.69) is 20.8 Å². The third kappa shape index (κ3) is 4.54. The first-order valence-corrected chi connectivity index (χ1v) is 5.64. The lowest BCUT2D eigenvalue weighted by Gasteiger charge is -2.13. The van der Waals surface area contributed by atoms with Gasteiger partial charge in [-0.2, -0.15) is 5.10 Å². The Balaban J connectivity index is 2.27. The van der Waals surface area contributed by atoms with E-state index in [0.717, 1.165) is 11.3 Å². The van der Waals surface area contributed by atoms with Gasteiger partial charge in [0.1, 0.15) is 0 Å². The monoisotopic (exact) mass is 240 g/mol. The van der Waals surface area contributed by atoms with E-state index in [1.165, 1.54) is 0 Å². The number of aryl methyl sites for hydroxylation is 1. The van der Waals surface area contributed by atoms with Gasteiger partial charge in [0.2, 0.25) is 5.91 Å². The molecule has 1 atom stereocenters. The molecule has 0 bridgehead atoms. The number of nitrogens with zero attached hydrogens (tertiary/aromatic N) is 1. The van der Waals surface area contributed by atoms with E-state index in [-0.39, 0.29) is 11.9 Å². The quantitative estimate of drug-likeness (QED) is 0.584. The van der Waals surface area contributed by atoms with Crippen LogP contribution in [0.1, 0.15) is 18.2 Å². The van der Waals surface area contributed by atoms with Crippen molar-refractivity contribution in [2.24, 2.45) is 0 Å². The maximum atomic E-state index is 11.6. The first-order valence-electron chi connectivity index (χ1n) is 5.64. The summed E-state index contributed by atoms with van der Waals surface area (Å²) >= 11 is 0. The minimum Gasteiger partial charge on any atom is -0.383 e. The molecule has 0 spiro atoms. The molecule has 1 heterocycles. The van der Waals surface area contributed by atoms with Crippen LogP contribution in [0.25, 0.3) is 0 Å². The number of hydrogen-bond acceptors (Lipinski definition) is 4. The number of hydrogen-bond donors (Lipinski definition) is 3. The lowest BCUT2D eigenvalue weighted by atomic mass is 10.2. The second kappa shape index (κ2) is 7.03. The standard InChI is InChI=1S/C11H20N4O2/c1-8-10(7-14-15-8)6-13-9(2)11(16)12-4-5-17-3/h7,9,13H,4-6H2,1-3H3,(H,12,16)(H,14,15). The number of nitrogens with one attached hydrogen (secondary N) is 3. The van der Waals surface area contributed by atoms with E-state index in [0.29, 0.717) is 19.7 Å². The van der Waals surface area contributed by atoms with Gasteiger partial charge in [0, 0.05) is 31.5 Å². The van der Waals surface area contributed by atoms with Gasteiger partial charge >= 0.3 is 0 Å². The Bertz CT molecular complexity index is 351. The number of amides is 1. The third-order valence-electron chi connectivity index (χ3n) is 2.53. The van der Waals surface area contributed by atoms with Crippen molar-refractivity contribution >= 4 is 5.91 Å². The summed E-state index contributed by atoms with van der Waals surface area (Å²) in [4.78, 5) is 11.6. The highest BCUT2D eigenvalue weighted by atomic mass is 16.5. The number of carbonyl (C=O) groups excluding carboxylic acids is 1. The van der Waals surface area contributed by atoms with Crippen molar-refractivity contribution in [1.82, 2.24) is 20.8 Å². The van der Waals surface area contributed by atoms with Crippen LogP contribution in [0.2, 0.25) is 0 Å². The third-order valence-corrected chi connectivity index (χ3v) is 2.53. The van der Waals surface area contributed by atoms with Crippen molar-refractivity contribution in [3.63, 3.8) is 0 Å². The molecule has 17 heavy (non-hydrogen) atoms. The Hall–Kier alpha value is -1.40. The molecule has 1 unspecified atom stereocenters. The van der Waals surface area contributed by atoms with E-state index < -0.39 is 0 Å². The summed E-state index contributed by atoms with van der Waals surface area (Å²) in [6.45, 7) is 5.47. The summed E-state index contributed by atoms with van der Waals surface area (Å²) in [5, 5.41) is 12.7. The van der Waals surface area contributed by atoms with Gasteiger partial charge in [0.15, 0.2) is 0 Å². The molecule has 0 saturated carbocycles. The zero-order valence-corrected chi connectivity index (χ0v) is 10.5. The van der Waals surface area contributed by atoms with E-state index in [4.69, 9.17) is 4.74 Å². The first-order chi connectivity index (χ1) is 8.15. The highest BCUT2D eigenvalue weighted by Gasteiger charge is 2.11. The van der Waals surface area contributed by atoms with Crippen molar-refractivity contribution < 1.29 is 9.53 Å². The van der Waals surface area contributed by atoms with Crippen LogP contribution in [0.5, 0.6) is 0 Å². The van der Waals surface area contributed by atoms with Gasteiger partial charge < -0.3 is 15.4 Å². The summed E-state index contributed by atoms with van der Waals surface area (Å²) in [6.07, 6.45) is 1.76. The fraction of sp³-hybridized carbons (Fsp3) is 0.636. The van der Waals surface area contributed by atoms with Crippen molar-refractivity contribution in [3.05, 3.63) is 17.5 Å². The number of aromatic nitrogens is 2. The molecule has 0 aliphatic heterocycles. The highest BCUT2D eigenvalue weighted by molar-refractivity contribution is 5.81. The Kier molecular flexibility index (Phi) is 5.65. The molecule has 96 valence electrons. The minimum absolute atomic E-state index is 0.0248. The van der Waals surface area contributed by atoms with Gasteiger partial charge in [0.05, 0.1) is 18.8 Å². The molecule has 6 heteroatoms. The van der Waals surface area contributed by atoms with Gasteiger partial charge in [0.25, 0.3) is 0 Å². The van der Waals surface area contributed by atoms with E-state index >= 15 is 0 Å². The van der Waals surface area contributed by atoms with Crippen LogP contribution in [0, 0.1) is 6.92 Å². The number of rotatable bonds is 7. The first kappa shape index (κ1) is 13.7. The molecule has 1 aromatic heterocycles. The molecular formula is C11H20N4O2. The van der Waals surface area contributed by atoms with Gasteiger partial charge in [-0.3, -0.25) is 9.89 Å². The zero-order chi connectivity index (χ0) is 12.7. The van der Waals surface area contributed by atoms with Gasteiger partial charge in [-0.15, -0.1) is 0 Å². The normalized spacial score (nSPS) is 12.4. The van der Waals surface area contributed by atoms with Crippen molar-refractivity contribution in [1.29, 1.82) is 0 Å². The van der Waals surface area contributed by atoms with Gasteiger partial charge in [-0.1, -0.05) is 0 Å². The molecule has 0 saturated heterocycles. The molecule has 0 radical (unpaired) electrons. The lowest BCUT2D eigenvalue weighted by molar-refractivity contribution is -0.122. The second-order valence-electron chi connectivity index (χ2n) is 3.91. The molecule has 3 N–H and O–H groups in total. The van der Waals surface area contributed by atoms with Crippen LogP contribution >= 0.6 is 0 Å². The second-order valence-corrected chi connectivity index (χ2v) is 3.91. The maximum Gasteiger partial charge on any atom is 0.236 e. The smallest absolute Gasteiger partial charge is 0.236 e. The van der Waals surface area contributed by atoms with Gasteiger partial charge in [-0.25, -0.2) is 0 Å². The van der Waals surface area contributed by atoms with Crippen LogP contribution in [-0.4, -0.2) is 42.4 Å². The highest BCUT2D eigenvalue weighted by Crippen LogP contribution is 2.01. The molecule has 6 nitrogen and oxygen atoms in total. The summed E-state index contributed by atoms with van der Waals surface area (Å²) in [6, 6.07) is -0.235. The maximum absolute atomic E-state index is 11.6. The van der Waals surface area contributed by atoms with Crippen molar-refractivity contribution in [3.8, 4) is 0 Å². The summed E-state index contributed by atoms with van der Waals surface area (Å²) in [5.74, 6) is -0.0248. The number of methoxy groups -OCH3 is 1. The summed E-state index contributed by atoms with van der Waals surface area (Å²) in [7, 11) is 1.61. The zero-order valence-electron chi connectivity index (χ0n) is 10.5. The predicted molar refractivity (Wildman–Crippen MR) is 64.5 cm³/mol. The molecule has 1 aromatic rings. The molecular weight excluding hydrogens is 220 g/mol. The molecule has 0 aliphatic rings. The van der Waals surface area contributed by atoms with E-state index in [9.17, 15) is 4.79 Å². The Labute approximate surface area is 101 Å². The van der Waals surface area contributed by atoms with Gasteiger partial charge in [-0.05, 0) is 13.8 Å². The number of aromatic amines is 1. The number of carbonyl (C=O) groups is 1. The van der Waals surface area contributed by atoms with Crippen LogP contribution < -0.4 is 10.6 Å². The lowest BCUT2D eigenvalue weighted by Crippen LogP contribution is -2.42. The van der Waals surface area contributed by atoms with Crippen LogP contribution in [0.15, 0.2) is 6.20 Å². The van der Waals surface area contributed by atoms with Crippen molar-refractivity contribution in [2.45, 2.75) is 26.4 Å². The fourth-order valence-corrected chi connectivity index (χ4v) is 1.34. The largest absolute Gasteiger partial charge is 0.383 e. The average Bonchev–Trinajstić information content (AvgIpc) is 2.72. The predicted octanol–water partition coefficient (Wildman–Crippen LogP) is -0.0412. The van der Waals surface area contributed by atoms with Crippen LogP contribution in [0.3, 0.4) is 0 Å². The average molecular weight is 240 g/mol. The van der Waals surface area contributed by atoms with Crippen molar-refractivity contribution in [2.75, 3.05) is 20.3 Å². The van der Waals surface area contributed by atoms with Crippen LogP contribution in [0.4, 0.5) is 0 Å². The summed E-state index contributed by atoms with van der Waals surface area (Å²) < 4.78 is 4.86.